The minimum absolute atomic E-state index is 0.168. The van der Waals surface area contributed by atoms with Gasteiger partial charge in [0.05, 0.1) is 17.4 Å². The van der Waals surface area contributed by atoms with Crippen molar-refractivity contribution in [3.63, 3.8) is 0 Å². The summed E-state index contributed by atoms with van der Waals surface area (Å²) in [6.07, 6.45) is -0.0807. The summed E-state index contributed by atoms with van der Waals surface area (Å²) in [6, 6.07) is 4.22. The molecule has 0 saturated carbocycles. The van der Waals surface area contributed by atoms with Gasteiger partial charge in [-0.1, -0.05) is 0 Å². The molecule has 0 aliphatic carbocycles. The highest BCUT2D eigenvalue weighted by Gasteiger charge is 2.31. The van der Waals surface area contributed by atoms with Crippen molar-refractivity contribution in [2.75, 3.05) is 32.4 Å². The van der Waals surface area contributed by atoms with E-state index in [9.17, 15) is 26.4 Å². The summed E-state index contributed by atoms with van der Waals surface area (Å²) < 4.78 is 75.3. The Labute approximate surface area is 213 Å². The lowest BCUT2D eigenvalue weighted by Crippen LogP contribution is -2.42. The molecule has 2 aliphatic heterocycles. The van der Waals surface area contributed by atoms with Gasteiger partial charge in [0.15, 0.2) is 0 Å². The lowest BCUT2D eigenvalue weighted by Gasteiger charge is -2.32. The van der Waals surface area contributed by atoms with Crippen LogP contribution in [-0.4, -0.2) is 78.1 Å². The Morgan fingerprint density at radius 2 is 1.41 bits per heavy atom. The quantitative estimate of drug-likeness (QED) is 0.552. The minimum Gasteiger partial charge on any atom is -0.474 e. The standard InChI is InChI=1S/C24H29F3N4O5S/c1-16-21(28-15-29-22(16)36-20-9-13-31(14-10-20)37(2,33)34)35-19-7-11-30(12-8-19)23(32)17-3-5-18(6-4-17)24(25,26)27/h3-6,15,19-20H,7-14H2,1-2H3. The van der Waals surface area contributed by atoms with Crippen LogP contribution in [0.25, 0.3) is 0 Å². The number of halogens is 3. The molecule has 0 unspecified atom stereocenters. The molecular formula is C24H29F3N4O5S. The van der Waals surface area contributed by atoms with Crippen molar-refractivity contribution in [2.45, 2.75) is 51.0 Å². The number of hydrogen-bond donors (Lipinski definition) is 0. The van der Waals surface area contributed by atoms with Crippen LogP contribution in [0.3, 0.4) is 0 Å². The molecule has 0 bridgehead atoms. The van der Waals surface area contributed by atoms with Crippen LogP contribution in [0.4, 0.5) is 13.2 Å². The average Bonchev–Trinajstić information content (AvgIpc) is 2.86. The molecule has 2 aromatic rings. The third-order valence-electron chi connectivity index (χ3n) is 6.61. The van der Waals surface area contributed by atoms with Gasteiger partial charge in [-0.3, -0.25) is 4.79 Å². The van der Waals surface area contributed by atoms with Crippen LogP contribution < -0.4 is 9.47 Å². The van der Waals surface area contributed by atoms with Crippen molar-refractivity contribution in [3.8, 4) is 11.8 Å². The number of ether oxygens (including phenoxy) is 2. The first kappa shape index (κ1) is 27.1. The van der Waals surface area contributed by atoms with Crippen LogP contribution in [0.2, 0.25) is 0 Å². The van der Waals surface area contributed by atoms with Gasteiger partial charge in [0.1, 0.15) is 18.5 Å². The number of alkyl halides is 3. The summed E-state index contributed by atoms with van der Waals surface area (Å²) in [5.41, 5.74) is 0.0542. The fourth-order valence-corrected chi connectivity index (χ4v) is 5.29. The SMILES string of the molecule is Cc1c(OC2CCN(C(=O)c3ccc(C(F)(F)F)cc3)CC2)ncnc1OC1CCN(S(C)(=O)=O)CC1. The highest BCUT2D eigenvalue weighted by atomic mass is 32.2. The molecule has 202 valence electrons. The fourth-order valence-electron chi connectivity index (χ4n) is 4.41. The van der Waals surface area contributed by atoms with Gasteiger partial charge in [-0.15, -0.1) is 0 Å². The number of carbonyl (C=O) groups is 1. The monoisotopic (exact) mass is 542 g/mol. The molecule has 0 radical (unpaired) electrons. The zero-order valence-corrected chi connectivity index (χ0v) is 21.4. The van der Waals surface area contributed by atoms with E-state index in [1.165, 1.54) is 29.0 Å². The molecule has 4 rings (SSSR count). The Kier molecular flexibility index (Phi) is 7.93. The van der Waals surface area contributed by atoms with Gasteiger partial charge < -0.3 is 14.4 Å². The molecule has 0 atom stereocenters. The number of sulfonamides is 1. The molecule has 1 aromatic heterocycles. The maximum absolute atomic E-state index is 12.8. The van der Waals surface area contributed by atoms with Crippen LogP contribution in [0.15, 0.2) is 30.6 Å². The molecule has 1 aromatic carbocycles. The summed E-state index contributed by atoms with van der Waals surface area (Å²) in [7, 11) is -3.22. The summed E-state index contributed by atoms with van der Waals surface area (Å²) in [6.45, 7) is 3.37. The lowest BCUT2D eigenvalue weighted by molar-refractivity contribution is -0.137. The predicted molar refractivity (Wildman–Crippen MR) is 128 cm³/mol. The zero-order valence-electron chi connectivity index (χ0n) is 20.6. The maximum atomic E-state index is 12.8. The van der Waals surface area contributed by atoms with E-state index < -0.39 is 21.8 Å². The van der Waals surface area contributed by atoms with Gasteiger partial charge in [0, 0.05) is 44.6 Å². The highest BCUT2D eigenvalue weighted by Crippen LogP contribution is 2.30. The van der Waals surface area contributed by atoms with Crippen LogP contribution in [0.5, 0.6) is 11.8 Å². The number of benzene rings is 1. The number of aromatic nitrogens is 2. The first-order chi connectivity index (χ1) is 17.4. The van der Waals surface area contributed by atoms with Crippen molar-refractivity contribution >= 4 is 15.9 Å². The fraction of sp³-hybridized carbons (Fsp3) is 0.542. The van der Waals surface area contributed by atoms with Crippen molar-refractivity contribution in [3.05, 3.63) is 47.3 Å². The summed E-state index contributed by atoms with van der Waals surface area (Å²) in [5, 5.41) is 0. The molecule has 2 aliphatic rings. The number of nitrogens with zero attached hydrogens (tertiary/aromatic N) is 4. The van der Waals surface area contributed by atoms with E-state index >= 15 is 0 Å². The van der Waals surface area contributed by atoms with Crippen molar-refractivity contribution in [2.24, 2.45) is 0 Å². The molecule has 37 heavy (non-hydrogen) atoms. The van der Waals surface area contributed by atoms with Crippen LogP contribution in [-0.2, 0) is 16.2 Å². The number of hydrogen-bond acceptors (Lipinski definition) is 7. The number of carbonyl (C=O) groups excluding carboxylic acids is 1. The second-order valence-electron chi connectivity index (χ2n) is 9.27. The Hall–Kier alpha value is -2.93. The summed E-state index contributed by atoms with van der Waals surface area (Å²) >= 11 is 0. The molecule has 0 N–H and O–H groups in total. The van der Waals surface area contributed by atoms with E-state index in [1.807, 2.05) is 0 Å². The maximum Gasteiger partial charge on any atom is 0.416 e. The number of piperidine rings is 2. The van der Waals surface area contributed by atoms with E-state index in [4.69, 9.17) is 9.47 Å². The van der Waals surface area contributed by atoms with Gasteiger partial charge in [-0.05, 0) is 44.0 Å². The highest BCUT2D eigenvalue weighted by molar-refractivity contribution is 7.88. The predicted octanol–water partition coefficient (Wildman–Crippen LogP) is 3.29. The largest absolute Gasteiger partial charge is 0.474 e. The van der Waals surface area contributed by atoms with Crippen molar-refractivity contribution < 1.29 is 35.9 Å². The van der Waals surface area contributed by atoms with Gasteiger partial charge in [0.25, 0.3) is 5.91 Å². The molecule has 9 nitrogen and oxygen atoms in total. The lowest BCUT2D eigenvalue weighted by atomic mass is 10.1. The Balaban J connectivity index is 1.30. The molecular weight excluding hydrogens is 513 g/mol. The van der Waals surface area contributed by atoms with Crippen LogP contribution >= 0.6 is 0 Å². The smallest absolute Gasteiger partial charge is 0.416 e. The van der Waals surface area contributed by atoms with Crippen molar-refractivity contribution in [1.82, 2.24) is 19.2 Å². The van der Waals surface area contributed by atoms with E-state index in [1.54, 1.807) is 11.8 Å². The third kappa shape index (κ3) is 6.69. The second-order valence-corrected chi connectivity index (χ2v) is 11.3. The molecule has 13 heteroatoms. The van der Waals surface area contributed by atoms with Gasteiger partial charge in [0.2, 0.25) is 21.8 Å². The third-order valence-corrected chi connectivity index (χ3v) is 7.91. The first-order valence-electron chi connectivity index (χ1n) is 12.0. The Morgan fingerprint density at radius 1 is 0.919 bits per heavy atom. The molecule has 0 spiro atoms. The topological polar surface area (TPSA) is 102 Å². The van der Waals surface area contributed by atoms with Crippen molar-refractivity contribution in [1.29, 1.82) is 0 Å². The zero-order chi connectivity index (χ0) is 26.8. The Morgan fingerprint density at radius 3 is 1.86 bits per heavy atom. The van der Waals surface area contributed by atoms with E-state index in [-0.39, 0.29) is 23.7 Å². The van der Waals surface area contributed by atoms with Gasteiger partial charge in [-0.2, -0.15) is 13.2 Å². The summed E-state index contributed by atoms with van der Waals surface area (Å²) in [5.74, 6) is 0.451. The van der Waals surface area contributed by atoms with E-state index in [2.05, 4.69) is 9.97 Å². The molecule has 3 heterocycles. The average molecular weight is 543 g/mol. The van der Waals surface area contributed by atoms with Gasteiger partial charge >= 0.3 is 6.18 Å². The second kappa shape index (κ2) is 10.8. The summed E-state index contributed by atoms with van der Waals surface area (Å²) in [4.78, 5) is 22.8. The number of likely N-dealkylation sites (tertiary alicyclic amines) is 1. The molecule has 2 saturated heterocycles. The van der Waals surface area contributed by atoms with E-state index in [0.717, 1.165) is 12.1 Å². The minimum atomic E-state index is -4.45. The van der Waals surface area contributed by atoms with E-state index in [0.29, 0.717) is 69.2 Å². The van der Waals surface area contributed by atoms with Crippen LogP contribution in [0.1, 0.15) is 47.2 Å². The molecule has 2 fully saturated rings. The van der Waals surface area contributed by atoms with Gasteiger partial charge in [-0.25, -0.2) is 22.7 Å². The number of rotatable bonds is 6. The van der Waals surface area contributed by atoms with Crippen LogP contribution in [0, 0.1) is 6.92 Å². The Bertz CT molecular complexity index is 1210. The molecule has 1 amide bonds. The first-order valence-corrected chi connectivity index (χ1v) is 13.8. The number of amides is 1. The normalized spacial score (nSPS) is 18.6.